The number of anilines is 1. The van der Waals surface area contributed by atoms with Gasteiger partial charge in [-0.25, -0.2) is 0 Å². The van der Waals surface area contributed by atoms with Gasteiger partial charge in [0.1, 0.15) is 5.00 Å². The first-order valence-corrected chi connectivity index (χ1v) is 11.8. The second-order valence-electron chi connectivity index (χ2n) is 7.48. The molecule has 1 fully saturated rings. The van der Waals surface area contributed by atoms with Gasteiger partial charge in [0.25, 0.3) is 0 Å². The number of fused-ring (bicyclic) bond motifs is 1. The predicted molar refractivity (Wildman–Crippen MR) is 115 cm³/mol. The number of aryl methyl sites for hydroxylation is 1. The Balaban J connectivity index is 0.00000126. The Kier molecular flexibility index (Phi) is 10.4. The van der Waals surface area contributed by atoms with Gasteiger partial charge < -0.3 is 15.8 Å². The maximum atomic E-state index is 12.5. The molecule has 0 bridgehead atoms. The van der Waals surface area contributed by atoms with Crippen LogP contribution >= 0.6 is 11.3 Å². The third-order valence-electron chi connectivity index (χ3n) is 5.65. The average molecular weight is 395 g/mol. The molecule has 27 heavy (non-hydrogen) atoms. The summed E-state index contributed by atoms with van der Waals surface area (Å²) in [6.07, 6.45) is 14.3. The maximum Gasteiger partial charge on any atom is 0.224 e. The Morgan fingerprint density at radius 2 is 1.81 bits per heavy atom. The van der Waals surface area contributed by atoms with Crippen LogP contribution < -0.4 is 11.1 Å². The molecule has 0 aliphatic heterocycles. The minimum atomic E-state index is 0.163. The van der Waals surface area contributed by atoms with E-state index in [1.54, 1.807) is 11.3 Å². The number of rotatable bonds is 7. The lowest BCUT2D eigenvalue weighted by Gasteiger charge is -2.21. The van der Waals surface area contributed by atoms with E-state index in [4.69, 9.17) is 10.5 Å². The van der Waals surface area contributed by atoms with Gasteiger partial charge >= 0.3 is 0 Å². The van der Waals surface area contributed by atoms with Crippen molar-refractivity contribution in [1.29, 1.82) is 0 Å². The molecule has 3 N–H and O–H groups in total. The minimum absolute atomic E-state index is 0.163. The third kappa shape index (κ3) is 6.88. The first-order chi connectivity index (χ1) is 13.3. The van der Waals surface area contributed by atoms with Crippen molar-refractivity contribution in [3.05, 3.63) is 16.0 Å². The van der Waals surface area contributed by atoms with Crippen LogP contribution in [0.5, 0.6) is 0 Å². The molecule has 1 aromatic rings. The van der Waals surface area contributed by atoms with E-state index in [0.29, 0.717) is 13.0 Å². The van der Waals surface area contributed by atoms with E-state index in [2.05, 4.69) is 5.32 Å². The largest absolute Gasteiger partial charge is 0.362 e. The summed E-state index contributed by atoms with van der Waals surface area (Å²) in [7, 11) is 0. The van der Waals surface area contributed by atoms with Crippen LogP contribution in [0.25, 0.3) is 0 Å². The van der Waals surface area contributed by atoms with E-state index in [1.165, 1.54) is 67.4 Å². The van der Waals surface area contributed by atoms with Crippen LogP contribution in [0.4, 0.5) is 5.00 Å². The minimum Gasteiger partial charge on any atom is -0.362 e. The van der Waals surface area contributed by atoms with Crippen LogP contribution in [0, 0.1) is 5.92 Å². The lowest BCUT2D eigenvalue weighted by atomic mass is 9.86. The van der Waals surface area contributed by atoms with Gasteiger partial charge in [-0.3, -0.25) is 4.79 Å². The van der Waals surface area contributed by atoms with Crippen molar-refractivity contribution in [2.24, 2.45) is 11.7 Å². The Morgan fingerprint density at radius 1 is 1.11 bits per heavy atom. The van der Waals surface area contributed by atoms with Crippen LogP contribution in [0.2, 0.25) is 0 Å². The number of nitrogens with one attached hydrogen (secondary N) is 1. The molecular weight excluding hydrogens is 356 g/mol. The van der Waals surface area contributed by atoms with Crippen LogP contribution in [-0.4, -0.2) is 12.6 Å². The Morgan fingerprint density at radius 3 is 2.56 bits per heavy atom. The molecule has 0 spiro atoms. The summed E-state index contributed by atoms with van der Waals surface area (Å²) < 4.78 is 5.50. The second kappa shape index (κ2) is 12.5. The molecule has 154 valence electrons. The molecule has 1 aromatic heterocycles. The highest BCUT2D eigenvalue weighted by molar-refractivity contribution is 7.16. The number of thiophene rings is 1. The fraction of sp³-hybridized carbons (Fsp3) is 0.773. The number of carbonyl (C=O) groups excluding carboxylic acids is 1. The fourth-order valence-corrected chi connectivity index (χ4v) is 5.53. The maximum absolute atomic E-state index is 12.5. The monoisotopic (exact) mass is 394 g/mol. The summed E-state index contributed by atoms with van der Waals surface area (Å²) in [6.45, 7) is 4.74. The summed E-state index contributed by atoms with van der Waals surface area (Å²) in [5.74, 6) is 0.913. The fourth-order valence-electron chi connectivity index (χ4n) is 4.22. The highest BCUT2D eigenvalue weighted by atomic mass is 32.1. The molecule has 1 saturated carbocycles. The van der Waals surface area contributed by atoms with Crippen molar-refractivity contribution in [3.63, 3.8) is 0 Å². The van der Waals surface area contributed by atoms with E-state index in [-0.39, 0.29) is 12.6 Å². The zero-order valence-corrected chi connectivity index (χ0v) is 18.1. The molecule has 2 aliphatic carbocycles. The summed E-state index contributed by atoms with van der Waals surface area (Å²) in [4.78, 5) is 13.9. The van der Waals surface area contributed by atoms with Crippen molar-refractivity contribution in [2.75, 3.05) is 12.0 Å². The number of hydrogen-bond acceptors (Lipinski definition) is 4. The zero-order chi connectivity index (χ0) is 19.5. The molecule has 0 aromatic carbocycles. The van der Waals surface area contributed by atoms with Gasteiger partial charge in [-0.2, -0.15) is 0 Å². The third-order valence-corrected chi connectivity index (χ3v) is 6.90. The second-order valence-corrected chi connectivity index (χ2v) is 8.58. The molecule has 0 radical (unpaired) electrons. The first kappa shape index (κ1) is 22.4. The number of nitrogens with two attached hydrogens (primary N) is 1. The van der Waals surface area contributed by atoms with E-state index in [9.17, 15) is 4.79 Å². The van der Waals surface area contributed by atoms with Gasteiger partial charge in [0, 0.05) is 16.9 Å². The topological polar surface area (TPSA) is 64.3 Å². The van der Waals surface area contributed by atoms with E-state index < -0.39 is 0 Å². The summed E-state index contributed by atoms with van der Waals surface area (Å²) in [5, 5.41) is 4.20. The van der Waals surface area contributed by atoms with Crippen LogP contribution in [-0.2, 0) is 29.0 Å². The van der Waals surface area contributed by atoms with Gasteiger partial charge in [-0.05, 0) is 43.6 Å². The molecular formula is C22H38N2O2S. The summed E-state index contributed by atoms with van der Waals surface area (Å²) >= 11 is 1.76. The van der Waals surface area contributed by atoms with Crippen LogP contribution in [0.1, 0.15) is 94.1 Å². The molecule has 0 atom stereocenters. The smallest absolute Gasteiger partial charge is 0.224 e. The molecule has 1 heterocycles. The van der Waals surface area contributed by atoms with E-state index >= 15 is 0 Å². The lowest BCUT2D eigenvalue weighted by molar-refractivity contribution is -0.116. The highest BCUT2D eigenvalue weighted by Gasteiger charge is 2.21. The molecule has 0 saturated heterocycles. The first-order valence-electron chi connectivity index (χ1n) is 11.0. The van der Waals surface area contributed by atoms with Crippen LogP contribution in [0.15, 0.2) is 0 Å². The molecule has 0 unspecified atom stereocenters. The van der Waals surface area contributed by atoms with Crippen molar-refractivity contribution >= 4 is 22.2 Å². The van der Waals surface area contributed by atoms with Crippen LogP contribution in [0.3, 0.4) is 0 Å². The molecule has 1 amide bonds. The van der Waals surface area contributed by atoms with E-state index in [0.717, 1.165) is 30.2 Å². The van der Waals surface area contributed by atoms with Crippen molar-refractivity contribution < 1.29 is 9.53 Å². The zero-order valence-electron chi connectivity index (χ0n) is 17.3. The Bertz CT molecular complexity index is 565. The summed E-state index contributed by atoms with van der Waals surface area (Å²) in [5.41, 5.74) is 8.12. The number of amides is 1. The van der Waals surface area contributed by atoms with Gasteiger partial charge in [0.05, 0.1) is 13.3 Å². The predicted octanol–water partition coefficient (Wildman–Crippen LogP) is 5.78. The van der Waals surface area contributed by atoms with Crippen molar-refractivity contribution in [3.8, 4) is 0 Å². The van der Waals surface area contributed by atoms with Gasteiger partial charge in [0.15, 0.2) is 0 Å². The number of carbonyl (C=O) groups is 1. The van der Waals surface area contributed by atoms with Gasteiger partial charge in [0.2, 0.25) is 5.91 Å². The summed E-state index contributed by atoms with van der Waals surface area (Å²) in [6, 6.07) is 0. The Hall–Kier alpha value is -0.910. The molecule has 4 nitrogen and oxygen atoms in total. The van der Waals surface area contributed by atoms with Gasteiger partial charge in [-0.1, -0.05) is 52.4 Å². The van der Waals surface area contributed by atoms with Gasteiger partial charge in [-0.15, -0.1) is 11.3 Å². The van der Waals surface area contributed by atoms with Crippen molar-refractivity contribution in [2.45, 2.75) is 97.5 Å². The quantitative estimate of drug-likeness (QED) is 0.455. The van der Waals surface area contributed by atoms with Crippen molar-refractivity contribution in [1.82, 2.24) is 0 Å². The number of hydrogen-bond donors (Lipinski definition) is 2. The molecule has 5 heteroatoms. The number of ether oxygens (including phenoxy) is 1. The molecule has 2 aliphatic rings. The highest BCUT2D eigenvalue weighted by Crippen LogP contribution is 2.38. The lowest BCUT2D eigenvalue weighted by Crippen LogP contribution is -2.15. The Labute approximate surface area is 169 Å². The average Bonchev–Trinajstić information content (AvgIpc) is 2.87. The van der Waals surface area contributed by atoms with E-state index in [1.807, 2.05) is 13.8 Å². The standard InChI is InChI=1S/C20H32N2O2S.C2H6/c21-14-24-13-17-16-9-5-2-6-10-18(16)25-20(17)22-19(23)12-11-15-7-3-1-4-8-15;1-2/h15H,1-14,21H2,(H,22,23);1-2H3. The molecule has 3 rings (SSSR count). The normalized spacial score (nSPS) is 17.4. The SMILES string of the molecule is CC.NCOCc1c(NC(=O)CCC2CCCCC2)sc2c1CCCCC2.